The first-order valence-electron chi connectivity index (χ1n) is 9.91. The first kappa shape index (κ1) is 23.3. The number of carbonyl (C=O) groups is 1. The van der Waals surface area contributed by atoms with Gasteiger partial charge in [0.1, 0.15) is 5.75 Å². The van der Waals surface area contributed by atoms with E-state index in [1.54, 1.807) is 22.8 Å². The van der Waals surface area contributed by atoms with Gasteiger partial charge in [-0.2, -0.15) is 0 Å². The van der Waals surface area contributed by atoms with E-state index in [0.29, 0.717) is 29.1 Å². The van der Waals surface area contributed by atoms with E-state index in [1.165, 1.54) is 7.11 Å². The number of benzene rings is 2. The number of amides is 1. The molecule has 33 heavy (non-hydrogen) atoms. The first-order chi connectivity index (χ1) is 15.6. The fourth-order valence-corrected chi connectivity index (χ4v) is 3.22. The second-order valence-electron chi connectivity index (χ2n) is 7.65. The number of rotatable bonds is 8. The quantitative estimate of drug-likeness (QED) is 0.279. The molecule has 0 saturated heterocycles. The highest BCUT2D eigenvalue weighted by molar-refractivity contribution is 5.98. The van der Waals surface area contributed by atoms with Crippen molar-refractivity contribution in [3.8, 4) is 11.6 Å². The predicted octanol–water partition coefficient (Wildman–Crippen LogP) is 5.14. The Hall–Kier alpha value is -4.35. The zero-order valence-corrected chi connectivity index (χ0v) is 18.1. The molecule has 0 atom stereocenters. The average Bonchev–Trinajstić information content (AvgIpc) is 3.05. The fourth-order valence-electron chi connectivity index (χ4n) is 3.22. The lowest BCUT2D eigenvalue weighted by Crippen LogP contribution is -2.00. The van der Waals surface area contributed by atoms with Crippen molar-refractivity contribution in [3.63, 3.8) is 0 Å². The zero-order chi connectivity index (χ0) is 24.3. The van der Waals surface area contributed by atoms with E-state index >= 15 is 0 Å². The first-order valence-corrected chi connectivity index (χ1v) is 9.91. The van der Waals surface area contributed by atoms with Crippen LogP contribution in [0.2, 0.25) is 0 Å². The molecule has 0 saturated carbocycles. The molecule has 1 amide bonds. The molecule has 1 heterocycles. The van der Waals surface area contributed by atoms with E-state index < -0.39 is 27.1 Å². The number of aryl methyl sites for hydroxylation is 1. The van der Waals surface area contributed by atoms with Crippen molar-refractivity contribution in [1.82, 2.24) is 4.57 Å². The van der Waals surface area contributed by atoms with E-state index in [0.717, 1.165) is 24.6 Å². The third-order valence-corrected chi connectivity index (χ3v) is 4.96. The van der Waals surface area contributed by atoms with Crippen molar-refractivity contribution < 1.29 is 24.5 Å². The number of methoxy groups -OCH3 is 1. The number of aromatic nitrogens is 1. The van der Waals surface area contributed by atoms with E-state index in [4.69, 9.17) is 4.74 Å². The zero-order valence-electron chi connectivity index (χ0n) is 18.1. The molecule has 12 heteroatoms. The molecular formula is C21H21N5O7. The fraction of sp³-hybridized carbons (Fsp3) is 0.286. The van der Waals surface area contributed by atoms with Gasteiger partial charge in [0.25, 0.3) is 17.3 Å². The summed E-state index contributed by atoms with van der Waals surface area (Å²) in [5.41, 5.74) is -0.955. The Morgan fingerprint density at radius 1 is 1.12 bits per heavy atom. The molecular weight excluding hydrogens is 434 g/mol. The molecule has 0 bridgehead atoms. The van der Waals surface area contributed by atoms with Crippen LogP contribution in [-0.4, -0.2) is 32.5 Å². The lowest BCUT2D eigenvalue weighted by atomic mass is 10.1. The summed E-state index contributed by atoms with van der Waals surface area (Å²) in [5, 5.41) is 40.9. The molecule has 0 aliphatic rings. The van der Waals surface area contributed by atoms with Crippen LogP contribution in [0.25, 0.3) is 10.9 Å². The number of carbonyl (C=O) groups excluding carboxylic acids is 1. The van der Waals surface area contributed by atoms with Gasteiger partial charge in [-0.3, -0.25) is 25.0 Å². The lowest BCUT2D eigenvalue weighted by molar-refractivity contribution is -0.394. The van der Waals surface area contributed by atoms with Crippen molar-refractivity contribution >= 4 is 33.9 Å². The highest BCUT2D eigenvalue weighted by Crippen LogP contribution is 2.41. The largest absolute Gasteiger partial charge is 0.497 e. The summed E-state index contributed by atoms with van der Waals surface area (Å²) in [4.78, 5) is 33.0. The van der Waals surface area contributed by atoms with E-state index in [2.05, 4.69) is 10.2 Å². The van der Waals surface area contributed by atoms with Crippen molar-refractivity contribution in [2.75, 3.05) is 7.11 Å². The number of fused-ring (bicyclic) bond motifs is 1. The van der Waals surface area contributed by atoms with Crippen molar-refractivity contribution in [2.45, 2.75) is 26.8 Å². The van der Waals surface area contributed by atoms with Gasteiger partial charge in [0, 0.05) is 24.1 Å². The van der Waals surface area contributed by atoms with Crippen LogP contribution in [0.1, 0.15) is 30.6 Å². The van der Waals surface area contributed by atoms with Gasteiger partial charge < -0.3 is 14.4 Å². The third-order valence-electron chi connectivity index (χ3n) is 4.96. The standard InChI is InChI=1S/C21H21N5O7/c1-12(2)6-7-24-18-5-4-16(33-3)11-17(18)19(21(24)28)22-23-20(27)13-8-14(25(29)30)10-15(9-13)26(31)32/h4-5,8-12,28H,6-7H2,1-3H3. The molecule has 172 valence electrons. The van der Waals surface area contributed by atoms with Gasteiger partial charge in [-0.25, -0.2) is 0 Å². The van der Waals surface area contributed by atoms with Gasteiger partial charge in [-0.05, 0) is 30.5 Å². The maximum Gasteiger partial charge on any atom is 0.295 e. The molecule has 0 aliphatic heterocycles. The van der Waals surface area contributed by atoms with Gasteiger partial charge in [0.15, 0.2) is 5.69 Å². The van der Waals surface area contributed by atoms with E-state index in [1.807, 2.05) is 13.8 Å². The molecule has 12 nitrogen and oxygen atoms in total. The Balaban J connectivity index is 2.06. The Labute approximate surface area is 187 Å². The van der Waals surface area contributed by atoms with Crippen LogP contribution < -0.4 is 4.74 Å². The van der Waals surface area contributed by atoms with Crippen molar-refractivity contribution in [3.05, 3.63) is 62.2 Å². The number of nitro groups is 2. The Morgan fingerprint density at radius 3 is 2.30 bits per heavy atom. The van der Waals surface area contributed by atoms with Gasteiger partial charge in [0.2, 0.25) is 5.88 Å². The smallest absolute Gasteiger partial charge is 0.295 e. The molecule has 0 spiro atoms. The Morgan fingerprint density at radius 2 is 1.76 bits per heavy atom. The predicted molar refractivity (Wildman–Crippen MR) is 118 cm³/mol. The number of nitrogens with zero attached hydrogens (tertiary/aromatic N) is 5. The second kappa shape index (κ2) is 9.42. The summed E-state index contributed by atoms with van der Waals surface area (Å²) in [5.74, 6) is -0.371. The van der Waals surface area contributed by atoms with Gasteiger partial charge >= 0.3 is 0 Å². The molecule has 0 unspecified atom stereocenters. The number of non-ortho nitro benzene ring substituents is 2. The highest BCUT2D eigenvalue weighted by atomic mass is 16.6. The molecule has 3 rings (SSSR count). The van der Waals surface area contributed by atoms with Crippen LogP contribution in [0.4, 0.5) is 17.1 Å². The number of nitro benzene ring substituents is 2. The number of ether oxygens (including phenoxy) is 1. The van der Waals surface area contributed by atoms with Crippen LogP contribution in [0, 0.1) is 26.1 Å². The number of hydrogen-bond acceptors (Lipinski definition) is 8. The van der Waals surface area contributed by atoms with Gasteiger partial charge in [0.05, 0.1) is 34.1 Å². The maximum atomic E-state index is 12.5. The van der Waals surface area contributed by atoms with Crippen molar-refractivity contribution in [2.24, 2.45) is 16.1 Å². The van der Waals surface area contributed by atoms with Crippen LogP contribution in [0.5, 0.6) is 11.6 Å². The van der Waals surface area contributed by atoms with Gasteiger partial charge in [-0.1, -0.05) is 13.8 Å². The minimum atomic E-state index is -1.04. The summed E-state index contributed by atoms with van der Waals surface area (Å²) < 4.78 is 6.88. The summed E-state index contributed by atoms with van der Waals surface area (Å²) in [6.07, 6.45) is 0.774. The van der Waals surface area contributed by atoms with Crippen LogP contribution in [0.15, 0.2) is 46.6 Å². The topological polar surface area (TPSA) is 162 Å². The van der Waals surface area contributed by atoms with Crippen LogP contribution in [-0.2, 0) is 6.54 Å². The van der Waals surface area contributed by atoms with Crippen LogP contribution in [0.3, 0.4) is 0 Å². The molecule has 1 aromatic heterocycles. The maximum absolute atomic E-state index is 12.5. The minimum absolute atomic E-state index is 0.0148. The van der Waals surface area contributed by atoms with Crippen molar-refractivity contribution in [1.29, 1.82) is 0 Å². The van der Waals surface area contributed by atoms with E-state index in [9.17, 15) is 30.1 Å². The summed E-state index contributed by atoms with van der Waals surface area (Å²) in [6.45, 7) is 4.58. The normalized spacial score (nSPS) is 11.4. The third kappa shape index (κ3) is 4.95. The molecule has 1 N–H and O–H groups in total. The van der Waals surface area contributed by atoms with Gasteiger partial charge in [-0.15, -0.1) is 10.2 Å². The SMILES string of the molecule is COc1ccc2c(c1)c(N=NC(=O)c1cc([N+](=O)[O-])cc([N+](=O)[O-])c1)c(O)n2CCC(C)C. The van der Waals surface area contributed by atoms with E-state index in [-0.39, 0.29) is 17.1 Å². The molecule has 0 fully saturated rings. The average molecular weight is 455 g/mol. The Kier molecular flexibility index (Phi) is 6.66. The lowest BCUT2D eigenvalue weighted by Gasteiger charge is -2.09. The summed E-state index contributed by atoms with van der Waals surface area (Å²) in [7, 11) is 1.48. The number of aromatic hydroxyl groups is 1. The molecule has 0 radical (unpaired) electrons. The summed E-state index contributed by atoms with van der Waals surface area (Å²) >= 11 is 0. The molecule has 0 aliphatic carbocycles. The van der Waals surface area contributed by atoms with Crippen LogP contribution >= 0.6 is 0 Å². The second-order valence-corrected chi connectivity index (χ2v) is 7.65. The number of azo groups is 1. The minimum Gasteiger partial charge on any atom is -0.497 e. The summed E-state index contributed by atoms with van der Waals surface area (Å²) in [6, 6.07) is 7.61. The number of hydrogen-bond donors (Lipinski definition) is 1. The molecule has 3 aromatic rings. The monoisotopic (exact) mass is 455 g/mol. The molecule has 2 aromatic carbocycles. The Bertz CT molecular complexity index is 1250. The highest BCUT2D eigenvalue weighted by Gasteiger charge is 2.21.